The standard InChI is InChI=1S/C14H24N6O8/c1-5(14(27)28)18-12(25)7(2-9(16)22)20-13(26)8(3-10(17)23)19-11(24)6(15)4-21/h5-8,21H,2-4,15H2,1H3,(H2,16,22)(H2,17,23)(H,18,25)(H,19,24)(H,20,26)(H,27,28). The zero-order valence-corrected chi connectivity index (χ0v) is 15.0. The maximum atomic E-state index is 12.4. The van der Waals surface area contributed by atoms with E-state index in [9.17, 15) is 28.8 Å². The molecule has 5 amide bonds. The number of carboxylic acid groups (broad SMARTS) is 1. The molecule has 0 saturated heterocycles. The lowest BCUT2D eigenvalue weighted by Gasteiger charge is -2.23. The number of primary amides is 2. The monoisotopic (exact) mass is 404 g/mol. The Bertz CT molecular complexity index is 639. The summed E-state index contributed by atoms with van der Waals surface area (Å²) in [5, 5.41) is 23.9. The summed E-state index contributed by atoms with van der Waals surface area (Å²) in [6.45, 7) is 0.409. The molecule has 0 rings (SSSR count). The van der Waals surface area contributed by atoms with Gasteiger partial charge in [-0.1, -0.05) is 0 Å². The van der Waals surface area contributed by atoms with Crippen LogP contribution in [0, 0.1) is 0 Å². The second kappa shape index (κ2) is 11.5. The van der Waals surface area contributed by atoms with Crippen molar-refractivity contribution in [3.05, 3.63) is 0 Å². The molecule has 0 aromatic rings. The van der Waals surface area contributed by atoms with E-state index >= 15 is 0 Å². The van der Waals surface area contributed by atoms with Crippen molar-refractivity contribution in [2.75, 3.05) is 6.61 Å². The molecule has 11 N–H and O–H groups in total. The van der Waals surface area contributed by atoms with Crippen LogP contribution in [0.4, 0.5) is 0 Å². The SMILES string of the molecule is CC(NC(=O)C(CC(N)=O)NC(=O)C(CC(N)=O)NC(=O)C(N)CO)C(=O)O. The lowest BCUT2D eigenvalue weighted by Crippen LogP contribution is -2.58. The summed E-state index contributed by atoms with van der Waals surface area (Å²) < 4.78 is 0. The van der Waals surface area contributed by atoms with Crippen LogP contribution in [-0.4, -0.2) is 76.5 Å². The minimum Gasteiger partial charge on any atom is -0.480 e. The molecule has 14 heteroatoms. The van der Waals surface area contributed by atoms with E-state index in [1.165, 1.54) is 0 Å². The predicted molar refractivity (Wildman–Crippen MR) is 91.8 cm³/mol. The number of rotatable bonds is 12. The Labute approximate surface area is 159 Å². The van der Waals surface area contributed by atoms with Gasteiger partial charge in [-0.3, -0.25) is 28.8 Å². The molecule has 0 aliphatic heterocycles. The van der Waals surface area contributed by atoms with Crippen LogP contribution in [-0.2, 0) is 28.8 Å². The molecule has 0 aromatic heterocycles. The molecular formula is C14H24N6O8. The van der Waals surface area contributed by atoms with Crippen molar-refractivity contribution in [3.63, 3.8) is 0 Å². The van der Waals surface area contributed by atoms with E-state index < -0.39 is 79.1 Å². The predicted octanol–water partition coefficient (Wildman–Crippen LogP) is -5.38. The molecular weight excluding hydrogens is 380 g/mol. The fraction of sp³-hybridized carbons (Fsp3) is 0.571. The summed E-state index contributed by atoms with van der Waals surface area (Å²) in [6, 6.07) is -5.86. The van der Waals surface area contributed by atoms with Crippen molar-refractivity contribution in [3.8, 4) is 0 Å². The van der Waals surface area contributed by atoms with Crippen LogP contribution < -0.4 is 33.2 Å². The van der Waals surface area contributed by atoms with Crippen LogP contribution in [0.25, 0.3) is 0 Å². The molecule has 0 aliphatic rings. The van der Waals surface area contributed by atoms with Gasteiger partial charge in [0.1, 0.15) is 24.2 Å². The highest BCUT2D eigenvalue weighted by Crippen LogP contribution is 1.99. The van der Waals surface area contributed by atoms with Crippen LogP contribution in [0.3, 0.4) is 0 Å². The average molecular weight is 404 g/mol. The van der Waals surface area contributed by atoms with Gasteiger partial charge in [0.2, 0.25) is 29.5 Å². The Balaban J connectivity index is 5.35. The first kappa shape index (κ1) is 24.7. The number of hydrogen-bond donors (Lipinski definition) is 8. The van der Waals surface area contributed by atoms with Crippen LogP contribution in [0.1, 0.15) is 19.8 Å². The smallest absolute Gasteiger partial charge is 0.325 e. The number of carbonyl (C=O) groups is 6. The third kappa shape index (κ3) is 8.91. The lowest BCUT2D eigenvalue weighted by molar-refractivity contribution is -0.142. The van der Waals surface area contributed by atoms with Crippen LogP contribution >= 0.6 is 0 Å². The number of aliphatic hydroxyl groups is 1. The van der Waals surface area contributed by atoms with E-state index in [0.29, 0.717) is 0 Å². The number of aliphatic hydroxyl groups excluding tert-OH is 1. The van der Waals surface area contributed by atoms with E-state index in [2.05, 4.69) is 10.6 Å². The van der Waals surface area contributed by atoms with Gasteiger partial charge in [0.15, 0.2) is 0 Å². The third-order valence-electron chi connectivity index (χ3n) is 3.34. The van der Waals surface area contributed by atoms with E-state index in [0.717, 1.165) is 6.92 Å². The van der Waals surface area contributed by atoms with Gasteiger partial charge < -0.3 is 43.4 Å². The lowest BCUT2D eigenvalue weighted by atomic mass is 10.1. The van der Waals surface area contributed by atoms with E-state index in [1.54, 1.807) is 0 Å². The average Bonchev–Trinajstić information content (AvgIpc) is 2.58. The molecule has 0 saturated carbocycles. The van der Waals surface area contributed by atoms with E-state index in [4.69, 9.17) is 27.4 Å². The largest absolute Gasteiger partial charge is 0.480 e. The number of carboxylic acids is 1. The molecule has 4 atom stereocenters. The Hall–Kier alpha value is -3.26. The van der Waals surface area contributed by atoms with Gasteiger partial charge >= 0.3 is 5.97 Å². The zero-order chi connectivity index (χ0) is 22.0. The first-order valence-electron chi connectivity index (χ1n) is 7.96. The first-order valence-corrected chi connectivity index (χ1v) is 7.96. The van der Waals surface area contributed by atoms with Gasteiger partial charge in [0.25, 0.3) is 0 Å². The fourth-order valence-corrected chi connectivity index (χ4v) is 1.83. The second-order valence-corrected chi connectivity index (χ2v) is 5.82. The van der Waals surface area contributed by atoms with E-state index in [-0.39, 0.29) is 0 Å². The van der Waals surface area contributed by atoms with Gasteiger partial charge in [-0.2, -0.15) is 0 Å². The number of nitrogens with two attached hydrogens (primary N) is 3. The van der Waals surface area contributed by atoms with Crippen LogP contribution in [0.5, 0.6) is 0 Å². The molecule has 158 valence electrons. The molecule has 0 aliphatic carbocycles. The minimum absolute atomic E-state index is 0.674. The summed E-state index contributed by atoms with van der Waals surface area (Å²) in [7, 11) is 0. The van der Waals surface area contributed by atoms with Gasteiger partial charge in [0, 0.05) is 0 Å². The molecule has 28 heavy (non-hydrogen) atoms. The highest BCUT2D eigenvalue weighted by Gasteiger charge is 2.31. The molecule has 0 heterocycles. The summed E-state index contributed by atoms with van der Waals surface area (Å²) >= 11 is 0. The van der Waals surface area contributed by atoms with E-state index in [1.807, 2.05) is 5.32 Å². The number of hydrogen-bond acceptors (Lipinski definition) is 8. The summed E-state index contributed by atoms with van der Waals surface area (Å²) in [5.41, 5.74) is 15.3. The van der Waals surface area contributed by atoms with Crippen molar-refractivity contribution in [2.45, 2.75) is 43.9 Å². The fourth-order valence-electron chi connectivity index (χ4n) is 1.83. The maximum Gasteiger partial charge on any atom is 0.325 e. The summed E-state index contributed by atoms with van der Waals surface area (Å²) in [5.74, 6) is -6.41. The minimum atomic E-state index is -1.58. The molecule has 4 unspecified atom stereocenters. The van der Waals surface area contributed by atoms with Crippen molar-refractivity contribution in [1.82, 2.24) is 16.0 Å². The molecule has 0 spiro atoms. The normalized spacial score (nSPS) is 14.7. The van der Waals surface area contributed by atoms with Crippen molar-refractivity contribution in [1.29, 1.82) is 0 Å². The van der Waals surface area contributed by atoms with Gasteiger partial charge in [-0.05, 0) is 6.92 Å². The Morgan fingerprint density at radius 1 is 0.821 bits per heavy atom. The van der Waals surface area contributed by atoms with Crippen molar-refractivity contribution < 1.29 is 39.0 Å². The quantitative estimate of drug-likeness (QED) is 0.154. The molecule has 0 radical (unpaired) electrons. The molecule has 14 nitrogen and oxygen atoms in total. The Kier molecular flexibility index (Phi) is 10.1. The third-order valence-corrected chi connectivity index (χ3v) is 3.34. The van der Waals surface area contributed by atoms with Gasteiger partial charge in [-0.15, -0.1) is 0 Å². The highest BCUT2D eigenvalue weighted by atomic mass is 16.4. The Morgan fingerprint density at radius 3 is 1.57 bits per heavy atom. The highest BCUT2D eigenvalue weighted by molar-refractivity contribution is 5.97. The topological polar surface area (TPSA) is 257 Å². The molecule has 0 bridgehead atoms. The number of carbonyl (C=O) groups excluding carboxylic acids is 5. The Morgan fingerprint density at radius 2 is 1.21 bits per heavy atom. The van der Waals surface area contributed by atoms with Crippen LogP contribution in [0.15, 0.2) is 0 Å². The van der Waals surface area contributed by atoms with Crippen molar-refractivity contribution >= 4 is 35.5 Å². The first-order chi connectivity index (χ1) is 12.9. The summed E-state index contributed by atoms with van der Waals surface area (Å²) in [4.78, 5) is 69.3. The number of nitrogens with one attached hydrogen (secondary N) is 3. The van der Waals surface area contributed by atoms with Gasteiger partial charge in [-0.25, -0.2) is 0 Å². The van der Waals surface area contributed by atoms with Crippen LogP contribution in [0.2, 0.25) is 0 Å². The number of aliphatic carboxylic acids is 1. The zero-order valence-electron chi connectivity index (χ0n) is 15.0. The molecule has 0 fully saturated rings. The maximum absolute atomic E-state index is 12.4. The summed E-state index contributed by atoms with van der Waals surface area (Å²) in [6.07, 6.45) is -1.36. The van der Waals surface area contributed by atoms with Gasteiger partial charge in [0.05, 0.1) is 19.4 Å². The van der Waals surface area contributed by atoms with Crippen molar-refractivity contribution in [2.24, 2.45) is 17.2 Å². The molecule has 0 aromatic carbocycles. The number of amides is 5. The second-order valence-electron chi connectivity index (χ2n) is 5.82.